The van der Waals surface area contributed by atoms with E-state index in [9.17, 15) is 20.0 Å². The van der Waals surface area contributed by atoms with Gasteiger partial charge in [0, 0.05) is 30.8 Å². The molecule has 0 aliphatic carbocycles. The highest BCUT2D eigenvalue weighted by Gasteiger charge is 2.37. The third-order valence-corrected chi connectivity index (χ3v) is 4.42. The van der Waals surface area contributed by atoms with Gasteiger partial charge in [-0.1, -0.05) is 19.1 Å². The third-order valence-electron chi connectivity index (χ3n) is 4.42. The molecule has 2 rings (SSSR count). The zero-order valence-electron chi connectivity index (χ0n) is 12.4. The first-order valence-electron chi connectivity index (χ1n) is 7.03. The topological polar surface area (TPSA) is 83.7 Å². The standard InChI is InChI=1S/C15H20N2O4/c1-9-4-5-12(6-14(9)17(20)21)11(3)16-7-10(2)13(8-16)15(18)19/h4-6,10-11,13H,7-8H2,1-3H3,(H,18,19)/t10-,11?,13-/m1/s1. The lowest BCUT2D eigenvalue weighted by molar-refractivity contribution is -0.385. The fourth-order valence-electron chi connectivity index (χ4n) is 2.94. The van der Waals surface area contributed by atoms with E-state index < -0.39 is 5.97 Å². The SMILES string of the molecule is Cc1ccc(C(C)N2C[C@@H](C)[C@H](C(=O)O)C2)cc1[N+](=O)[O-]. The van der Waals surface area contributed by atoms with Gasteiger partial charge in [-0.25, -0.2) is 0 Å². The minimum atomic E-state index is -0.771. The summed E-state index contributed by atoms with van der Waals surface area (Å²) in [6.45, 7) is 6.79. The van der Waals surface area contributed by atoms with Crippen molar-refractivity contribution >= 4 is 11.7 Å². The summed E-state index contributed by atoms with van der Waals surface area (Å²) in [6, 6.07) is 5.19. The van der Waals surface area contributed by atoms with Crippen LogP contribution in [0.2, 0.25) is 0 Å². The number of likely N-dealkylation sites (tertiary alicyclic amines) is 1. The van der Waals surface area contributed by atoms with E-state index in [1.807, 2.05) is 19.9 Å². The van der Waals surface area contributed by atoms with Crippen molar-refractivity contribution in [2.24, 2.45) is 11.8 Å². The second-order valence-electron chi connectivity index (χ2n) is 5.85. The fraction of sp³-hybridized carbons (Fsp3) is 0.533. The Hall–Kier alpha value is -1.95. The van der Waals surface area contributed by atoms with E-state index in [4.69, 9.17) is 0 Å². The number of nitro benzene ring substituents is 1. The molecule has 1 aliphatic rings. The third kappa shape index (κ3) is 3.05. The Morgan fingerprint density at radius 1 is 1.48 bits per heavy atom. The maximum atomic E-state index is 11.2. The zero-order valence-corrected chi connectivity index (χ0v) is 12.4. The number of hydrogen-bond donors (Lipinski definition) is 1. The zero-order chi connectivity index (χ0) is 15.7. The van der Waals surface area contributed by atoms with Crippen molar-refractivity contribution in [3.63, 3.8) is 0 Å². The molecule has 3 atom stereocenters. The second-order valence-corrected chi connectivity index (χ2v) is 5.85. The molecular formula is C15H20N2O4. The predicted octanol–water partition coefficient (Wildman–Crippen LogP) is 2.62. The lowest BCUT2D eigenvalue weighted by Crippen LogP contribution is -2.26. The lowest BCUT2D eigenvalue weighted by Gasteiger charge is -2.24. The largest absolute Gasteiger partial charge is 0.481 e. The van der Waals surface area contributed by atoms with Gasteiger partial charge in [0.05, 0.1) is 10.8 Å². The van der Waals surface area contributed by atoms with E-state index in [1.54, 1.807) is 19.1 Å². The van der Waals surface area contributed by atoms with Crippen molar-refractivity contribution in [3.05, 3.63) is 39.4 Å². The van der Waals surface area contributed by atoms with E-state index in [1.165, 1.54) is 0 Å². The summed E-state index contributed by atoms with van der Waals surface area (Å²) in [7, 11) is 0. The molecule has 0 bridgehead atoms. The highest BCUT2D eigenvalue weighted by atomic mass is 16.6. The summed E-state index contributed by atoms with van der Waals surface area (Å²) >= 11 is 0. The van der Waals surface area contributed by atoms with Crippen molar-refractivity contribution in [1.82, 2.24) is 4.90 Å². The average Bonchev–Trinajstić information content (AvgIpc) is 2.80. The molecule has 114 valence electrons. The molecule has 0 radical (unpaired) electrons. The molecule has 21 heavy (non-hydrogen) atoms. The number of carbonyl (C=O) groups is 1. The number of nitrogens with zero attached hydrogens (tertiary/aromatic N) is 2. The van der Waals surface area contributed by atoms with Crippen LogP contribution in [-0.2, 0) is 4.79 Å². The van der Waals surface area contributed by atoms with Gasteiger partial charge in [-0.15, -0.1) is 0 Å². The maximum Gasteiger partial charge on any atom is 0.308 e. The van der Waals surface area contributed by atoms with Crippen LogP contribution in [0.4, 0.5) is 5.69 Å². The number of aliphatic carboxylic acids is 1. The first kappa shape index (κ1) is 15.4. The van der Waals surface area contributed by atoms with Crippen LogP contribution in [-0.4, -0.2) is 34.0 Å². The van der Waals surface area contributed by atoms with Gasteiger partial charge in [0.2, 0.25) is 0 Å². The second kappa shape index (κ2) is 5.81. The van der Waals surface area contributed by atoms with Crippen molar-refractivity contribution in [3.8, 4) is 0 Å². The lowest BCUT2D eigenvalue weighted by atomic mass is 9.99. The van der Waals surface area contributed by atoms with Crippen LogP contribution in [0, 0.1) is 28.9 Å². The van der Waals surface area contributed by atoms with Gasteiger partial charge in [0.15, 0.2) is 0 Å². The Morgan fingerprint density at radius 3 is 2.67 bits per heavy atom. The molecule has 0 aromatic heterocycles. The van der Waals surface area contributed by atoms with Crippen LogP contribution in [0.25, 0.3) is 0 Å². The van der Waals surface area contributed by atoms with Crippen LogP contribution in [0.1, 0.15) is 31.0 Å². The highest BCUT2D eigenvalue weighted by molar-refractivity contribution is 5.71. The van der Waals surface area contributed by atoms with Gasteiger partial charge in [-0.2, -0.15) is 0 Å². The van der Waals surface area contributed by atoms with Gasteiger partial charge >= 0.3 is 5.97 Å². The van der Waals surface area contributed by atoms with Crippen LogP contribution in [0.3, 0.4) is 0 Å². The molecular weight excluding hydrogens is 272 g/mol. The van der Waals surface area contributed by atoms with Crippen LogP contribution in [0.5, 0.6) is 0 Å². The molecule has 1 N–H and O–H groups in total. The molecule has 1 fully saturated rings. The molecule has 0 amide bonds. The molecule has 0 saturated carbocycles. The Labute approximate surface area is 123 Å². The van der Waals surface area contributed by atoms with E-state index in [2.05, 4.69) is 4.90 Å². The quantitative estimate of drug-likeness (QED) is 0.681. The molecule has 6 heteroatoms. The number of rotatable bonds is 4. The van der Waals surface area contributed by atoms with Crippen molar-refractivity contribution < 1.29 is 14.8 Å². The Balaban J connectivity index is 2.21. The molecule has 1 unspecified atom stereocenters. The smallest absolute Gasteiger partial charge is 0.308 e. The van der Waals surface area contributed by atoms with Gasteiger partial charge in [0.25, 0.3) is 5.69 Å². The summed E-state index contributed by atoms with van der Waals surface area (Å²) in [4.78, 5) is 23.9. The summed E-state index contributed by atoms with van der Waals surface area (Å²) in [5.41, 5.74) is 1.60. The van der Waals surface area contributed by atoms with E-state index >= 15 is 0 Å². The summed E-state index contributed by atoms with van der Waals surface area (Å²) in [6.07, 6.45) is 0. The number of carboxylic acids is 1. The maximum absolute atomic E-state index is 11.2. The molecule has 1 aromatic rings. The number of carboxylic acid groups (broad SMARTS) is 1. The van der Waals surface area contributed by atoms with E-state index in [0.717, 1.165) is 5.56 Å². The minimum absolute atomic E-state index is 0.0314. The van der Waals surface area contributed by atoms with Gasteiger partial charge in [0.1, 0.15) is 0 Å². The van der Waals surface area contributed by atoms with Crippen LogP contribution >= 0.6 is 0 Å². The van der Waals surface area contributed by atoms with E-state index in [-0.39, 0.29) is 28.5 Å². The van der Waals surface area contributed by atoms with Crippen molar-refractivity contribution in [1.29, 1.82) is 0 Å². The fourth-order valence-corrected chi connectivity index (χ4v) is 2.94. The van der Waals surface area contributed by atoms with Gasteiger partial charge < -0.3 is 5.11 Å². The number of hydrogen-bond acceptors (Lipinski definition) is 4. The minimum Gasteiger partial charge on any atom is -0.481 e. The molecule has 1 aromatic carbocycles. The normalized spacial score (nSPS) is 24.0. The van der Waals surface area contributed by atoms with Gasteiger partial charge in [-0.05, 0) is 25.3 Å². The Morgan fingerprint density at radius 2 is 2.14 bits per heavy atom. The molecule has 1 heterocycles. The van der Waals surface area contributed by atoms with Crippen molar-refractivity contribution in [2.75, 3.05) is 13.1 Å². The summed E-state index contributed by atoms with van der Waals surface area (Å²) in [5.74, 6) is -1.05. The Bertz CT molecular complexity index is 573. The Kier molecular flexibility index (Phi) is 4.27. The number of nitro groups is 1. The monoisotopic (exact) mass is 292 g/mol. The average molecular weight is 292 g/mol. The highest BCUT2D eigenvalue weighted by Crippen LogP contribution is 2.32. The first-order valence-corrected chi connectivity index (χ1v) is 7.03. The van der Waals surface area contributed by atoms with Crippen molar-refractivity contribution in [2.45, 2.75) is 26.8 Å². The van der Waals surface area contributed by atoms with Crippen LogP contribution < -0.4 is 0 Å². The van der Waals surface area contributed by atoms with Crippen LogP contribution in [0.15, 0.2) is 18.2 Å². The predicted molar refractivity (Wildman–Crippen MR) is 78.1 cm³/mol. The van der Waals surface area contributed by atoms with E-state index in [0.29, 0.717) is 18.7 Å². The molecule has 1 aliphatic heterocycles. The number of benzene rings is 1. The number of aryl methyl sites for hydroxylation is 1. The molecule has 0 spiro atoms. The summed E-state index contributed by atoms with van der Waals surface area (Å²) in [5, 5.41) is 20.2. The first-order chi connectivity index (χ1) is 9.81. The molecule has 6 nitrogen and oxygen atoms in total. The van der Waals surface area contributed by atoms with Gasteiger partial charge in [-0.3, -0.25) is 19.8 Å². The molecule has 1 saturated heterocycles. The summed E-state index contributed by atoms with van der Waals surface area (Å²) < 4.78 is 0.